The Kier molecular flexibility index (Phi) is 6.01. The maximum absolute atomic E-state index is 13.0. The Bertz CT molecular complexity index is 747. The number of benzene rings is 2. The van der Waals surface area contributed by atoms with Gasteiger partial charge in [-0.2, -0.15) is 0 Å². The molecule has 0 unspecified atom stereocenters. The van der Waals surface area contributed by atoms with Crippen LogP contribution >= 0.6 is 8.20 Å². The van der Waals surface area contributed by atoms with Crippen LogP contribution in [0, 0.1) is 20.8 Å². The zero-order valence-electron chi connectivity index (χ0n) is 15.9. The Morgan fingerprint density at radius 2 is 1.46 bits per heavy atom. The van der Waals surface area contributed by atoms with Gasteiger partial charge in [-0.05, 0) is 66.5 Å². The van der Waals surface area contributed by atoms with Crippen molar-refractivity contribution >= 4 is 19.0 Å². The van der Waals surface area contributed by atoms with Gasteiger partial charge >= 0.3 is 0 Å². The summed E-state index contributed by atoms with van der Waals surface area (Å²) in [5.74, 6) is 0.889. The van der Waals surface area contributed by atoms with Crippen LogP contribution in [0.15, 0.2) is 30.3 Å². The van der Waals surface area contributed by atoms with Crippen LogP contribution in [0.2, 0.25) is 0 Å². The molecule has 0 N–H and O–H groups in total. The third-order valence-corrected chi connectivity index (χ3v) is 5.51. The van der Waals surface area contributed by atoms with E-state index >= 15 is 0 Å². The lowest BCUT2D eigenvalue weighted by Crippen LogP contribution is -2.21. The Morgan fingerprint density at radius 1 is 0.875 bits per heavy atom. The van der Waals surface area contributed by atoms with Gasteiger partial charge in [-0.15, -0.1) is 5.48 Å². The first kappa shape index (κ1) is 18.9. The fourth-order valence-corrected chi connectivity index (χ4v) is 4.55. The molecule has 2 aromatic carbocycles. The number of aryl methyl sites for hydroxylation is 3. The molecule has 2 heteroatoms. The molecular formula is C22H28OP-. The molecule has 0 radical (unpaired) electrons. The Hall–Kier alpha value is -1.43. The van der Waals surface area contributed by atoms with E-state index in [1.807, 2.05) is 13.8 Å². The van der Waals surface area contributed by atoms with Gasteiger partial charge in [-0.25, -0.2) is 0 Å². The van der Waals surface area contributed by atoms with Gasteiger partial charge in [0.2, 0.25) is 0 Å². The highest BCUT2D eigenvalue weighted by Gasteiger charge is 2.09. The molecule has 0 spiro atoms. The maximum atomic E-state index is 13.0. The molecule has 24 heavy (non-hydrogen) atoms. The second kappa shape index (κ2) is 7.64. The highest BCUT2D eigenvalue weighted by atomic mass is 31.1. The van der Waals surface area contributed by atoms with Gasteiger partial charge in [0.25, 0.3) is 0 Å². The Balaban J connectivity index is 2.59. The van der Waals surface area contributed by atoms with E-state index in [4.69, 9.17) is 0 Å². The van der Waals surface area contributed by atoms with Gasteiger partial charge in [0.05, 0.1) is 0 Å². The fourth-order valence-electron chi connectivity index (χ4n) is 3.19. The average Bonchev–Trinajstić information content (AvgIpc) is 2.45. The summed E-state index contributed by atoms with van der Waals surface area (Å²) >= 11 is 0. The lowest BCUT2D eigenvalue weighted by molar-refractivity contribution is -0.207. The normalized spacial score (nSPS) is 12.3. The Labute approximate surface area is 148 Å². The first-order valence-corrected chi connectivity index (χ1v) is 9.58. The summed E-state index contributed by atoms with van der Waals surface area (Å²) in [7, 11) is 0.783. The van der Waals surface area contributed by atoms with Crippen LogP contribution in [0.3, 0.4) is 0 Å². The van der Waals surface area contributed by atoms with E-state index in [1.165, 1.54) is 16.7 Å². The SMILES string of the molecule is Cc1cc(C)c(C([O-])=Pc2cc(C(C)C)ccc2C(C)C)c(C)c1. The summed E-state index contributed by atoms with van der Waals surface area (Å²) < 4.78 is 0. The molecule has 2 rings (SSSR count). The molecule has 0 fully saturated rings. The summed E-state index contributed by atoms with van der Waals surface area (Å²) in [6, 6.07) is 10.8. The third kappa shape index (κ3) is 4.15. The highest BCUT2D eigenvalue weighted by molar-refractivity contribution is 7.49. The second-order valence-corrected chi connectivity index (χ2v) is 8.43. The van der Waals surface area contributed by atoms with Gasteiger partial charge in [0.1, 0.15) is 0 Å². The van der Waals surface area contributed by atoms with Gasteiger partial charge in [-0.1, -0.05) is 65.7 Å². The highest BCUT2D eigenvalue weighted by Crippen LogP contribution is 2.24. The molecule has 0 aliphatic carbocycles. The third-order valence-electron chi connectivity index (χ3n) is 4.46. The predicted molar refractivity (Wildman–Crippen MR) is 106 cm³/mol. The van der Waals surface area contributed by atoms with Crippen molar-refractivity contribution in [3.63, 3.8) is 0 Å². The predicted octanol–water partition coefficient (Wildman–Crippen LogP) is 4.97. The summed E-state index contributed by atoms with van der Waals surface area (Å²) in [6.45, 7) is 14.9. The van der Waals surface area contributed by atoms with Crippen molar-refractivity contribution in [1.29, 1.82) is 0 Å². The lowest BCUT2D eigenvalue weighted by Gasteiger charge is -2.20. The molecule has 1 nitrogen and oxygen atoms in total. The van der Waals surface area contributed by atoms with Crippen LogP contribution in [-0.2, 0) is 0 Å². The van der Waals surface area contributed by atoms with Crippen LogP contribution in [-0.4, -0.2) is 5.48 Å². The van der Waals surface area contributed by atoms with Crippen molar-refractivity contribution in [3.05, 3.63) is 63.7 Å². The minimum atomic E-state index is 0.202. The minimum absolute atomic E-state index is 0.202. The van der Waals surface area contributed by atoms with Gasteiger partial charge in [-0.3, -0.25) is 0 Å². The zero-order chi connectivity index (χ0) is 18.0. The molecule has 0 aliphatic rings. The molecule has 0 saturated carbocycles. The van der Waals surface area contributed by atoms with Crippen molar-refractivity contribution in [3.8, 4) is 0 Å². The summed E-state index contributed by atoms with van der Waals surface area (Å²) in [5.41, 5.74) is 7.03. The second-order valence-electron chi connectivity index (χ2n) is 7.32. The largest absolute Gasteiger partial charge is 0.823 e. The van der Waals surface area contributed by atoms with Crippen molar-refractivity contribution in [2.45, 2.75) is 60.3 Å². The fraction of sp³-hybridized carbons (Fsp3) is 0.409. The molecule has 0 aliphatic heterocycles. The van der Waals surface area contributed by atoms with Gasteiger partial charge < -0.3 is 5.11 Å². The first-order valence-electron chi connectivity index (χ1n) is 8.68. The Morgan fingerprint density at radius 3 is 1.96 bits per heavy atom. The summed E-state index contributed by atoms with van der Waals surface area (Å²) in [6.07, 6.45) is 0. The minimum Gasteiger partial charge on any atom is -0.823 e. The van der Waals surface area contributed by atoms with Crippen LogP contribution in [0.25, 0.3) is 0 Å². The topological polar surface area (TPSA) is 23.1 Å². The van der Waals surface area contributed by atoms with E-state index in [2.05, 4.69) is 65.0 Å². The quantitative estimate of drug-likeness (QED) is 0.721. The van der Waals surface area contributed by atoms with Crippen molar-refractivity contribution in [2.75, 3.05) is 0 Å². The monoisotopic (exact) mass is 339 g/mol. The van der Waals surface area contributed by atoms with Crippen molar-refractivity contribution < 1.29 is 5.11 Å². The number of hydrogen-bond donors (Lipinski definition) is 0. The standard InChI is InChI=1S/C22H29OP/c1-13(2)18-8-9-19(14(3)4)20(12-18)24-22(23)21-16(6)10-15(5)11-17(21)7/h8-14,23H,1-7H3/p-1. The molecule has 0 heterocycles. The van der Waals surface area contributed by atoms with E-state index in [0.717, 1.165) is 30.2 Å². The molecule has 0 saturated heterocycles. The first-order chi connectivity index (χ1) is 11.2. The van der Waals surface area contributed by atoms with Crippen LogP contribution in [0.1, 0.15) is 72.9 Å². The molecular weight excluding hydrogens is 311 g/mol. The van der Waals surface area contributed by atoms with Gasteiger partial charge in [0, 0.05) is 5.30 Å². The number of rotatable bonds is 4. The summed E-state index contributed by atoms with van der Waals surface area (Å²) in [4.78, 5) is 0. The van der Waals surface area contributed by atoms with E-state index < -0.39 is 0 Å². The van der Waals surface area contributed by atoms with Crippen molar-refractivity contribution in [2.24, 2.45) is 0 Å². The zero-order valence-corrected chi connectivity index (χ0v) is 16.8. The van der Waals surface area contributed by atoms with E-state index in [-0.39, 0.29) is 5.48 Å². The van der Waals surface area contributed by atoms with E-state index in [0.29, 0.717) is 11.8 Å². The van der Waals surface area contributed by atoms with E-state index in [9.17, 15) is 5.11 Å². The number of hydrogen-bond acceptors (Lipinski definition) is 1. The lowest BCUT2D eigenvalue weighted by atomic mass is 9.97. The van der Waals surface area contributed by atoms with Crippen LogP contribution < -0.4 is 10.4 Å². The molecule has 2 aromatic rings. The van der Waals surface area contributed by atoms with Crippen LogP contribution in [0.5, 0.6) is 0 Å². The maximum Gasteiger partial charge on any atom is 0.00456 e. The van der Waals surface area contributed by atoms with Gasteiger partial charge in [0.15, 0.2) is 0 Å². The molecule has 128 valence electrons. The van der Waals surface area contributed by atoms with Crippen molar-refractivity contribution in [1.82, 2.24) is 0 Å². The summed E-state index contributed by atoms with van der Waals surface area (Å²) in [5, 5.41) is 14.2. The molecule has 0 atom stereocenters. The average molecular weight is 339 g/mol. The molecule has 0 aromatic heterocycles. The van der Waals surface area contributed by atoms with Crippen LogP contribution in [0.4, 0.5) is 0 Å². The molecule has 0 bridgehead atoms. The van der Waals surface area contributed by atoms with E-state index in [1.54, 1.807) is 0 Å². The smallest absolute Gasteiger partial charge is 0.00456 e. The molecule has 0 amide bonds.